The molecule has 0 saturated heterocycles. The molecule has 25 heavy (non-hydrogen) atoms. The van der Waals surface area contributed by atoms with Gasteiger partial charge in [-0.1, -0.05) is 0 Å². The number of amides is 2. The number of aromatic nitrogens is 1. The number of nitriles is 1. The Morgan fingerprint density at radius 3 is 3.08 bits per heavy atom. The Labute approximate surface area is 150 Å². The number of pyridine rings is 1. The fraction of sp³-hybridized carbons (Fsp3) is 0.412. The molecule has 7 nitrogen and oxygen atoms in total. The van der Waals surface area contributed by atoms with Crippen LogP contribution >= 0.6 is 11.8 Å². The van der Waals surface area contributed by atoms with Crippen LogP contribution in [0.25, 0.3) is 0 Å². The van der Waals surface area contributed by atoms with Crippen LogP contribution in [0.15, 0.2) is 35.0 Å². The van der Waals surface area contributed by atoms with Crippen molar-refractivity contribution in [2.75, 3.05) is 19.7 Å². The van der Waals surface area contributed by atoms with Gasteiger partial charge >= 0.3 is 6.09 Å². The van der Waals surface area contributed by atoms with E-state index < -0.39 is 0 Å². The molecule has 1 aromatic rings. The summed E-state index contributed by atoms with van der Waals surface area (Å²) in [5.41, 5.74) is 1.47. The predicted octanol–water partition coefficient (Wildman–Crippen LogP) is 2.14. The molecule has 0 aliphatic carbocycles. The molecule has 0 fully saturated rings. The maximum absolute atomic E-state index is 12.3. The molecule has 0 spiro atoms. The Kier molecular flexibility index (Phi) is 5.24. The highest BCUT2D eigenvalue weighted by molar-refractivity contribution is 8.04. The molecule has 2 atom stereocenters. The fourth-order valence-corrected chi connectivity index (χ4v) is 4.38. The Bertz CT molecular complexity index is 744. The van der Waals surface area contributed by atoms with Crippen LogP contribution in [-0.2, 0) is 4.74 Å². The lowest BCUT2D eigenvalue weighted by Gasteiger charge is -2.27. The molecular formula is C17H18N4O3S. The fourth-order valence-electron chi connectivity index (χ4n) is 2.93. The Hall–Kier alpha value is -2.53. The van der Waals surface area contributed by atoms with Crippen molar-refractivity contribution in [3.8, 4) is 6.07 Å². The summed E-state index contributed by atoms with van der Waals surface area (Å²) in [4.78, 5) is 30.8. The third kappa shape index (κ3) is 3.61. The molecule has 8 heteroatoms. The Balaban J connectivity index is 1.69. The van der Waals surface area contributed by atoms with E-state index in [-0.39, 0.29) is 23.3 Å². The van der Waals surface area contributed by atoms with Gasteiger partial charge in [-0.25, -0.2) is 4.79 Å². The normalized spacial score (nSPS) is 22.2. The van der Waals surface area contributed by atoms with Crippen molar-refractivity contribution < 1.29 is 14.3 Å². The van der Waals surface area contributed by atoms with E-state index in [1.165, 1.54) is 18.0 Å². The molecule has 2 amide bonds. The Morgan fingerprint density at radius 2 is 2.40 bits per heavy atom. The van der Waals surface area contributed by atoms with E-state index in [4.69, 9.17) is 4.74 Å². The molecule has 0 bridgehead atoms. The molecule has 2 aliphatic rings. The first-order valence-corrected chi connectivity index (χ1v) is 8.92. The quantitative estimate of drug-likeness (QED) is 0.889. The smallest absolute Gasteiger partial charge is 0.410 e. The molecule has 2 unspecified atom stereocenters. The van der Waals surface area contributed by atoms with Gasteiger partial charge in [-0.15, -0.1) is 11.8 Å². The SMILES string of the molecule is CCOC(=O)N1CCC2=C(C1)SC(NC(=O)c1cccnc1)C2C#N. The highest BCUT2D eigenvalue weighted by atomic mass is 32.2. The molecule has 2 aliphatic heterocycles. The number of nitrogens with one attached hydrogen (secondary N) is 1. The molecule has 3 heterocycles. The number of ether oxygens (including phenoxy) is 1. The second-order valence-corrected chi connectivity index (χ2v) is 6.92. The van der Waals surface area contributed by atoms with Gasteiger partial charge in [0.05, 0.1) is 36.1 Å². The third-order valence-corrected chi connectivity index (χ3v) is 5.47. The number of carbonyl (C=O) groups excluding carboxylic acids is 2. The molecule has 3 rings (SSSR count). The number of thioether (sulfide) groups is 1. The zero-order valence-corrected chi connectivity index (χ0v) is 14.6. The van der Waals surface area contributed by atoms with Crippen molar-refractivity contribution in [1.29, 1.82) is 5.26 Å². The third-order valence-electron chi connectivity index (χ3n) is 4.15. The van der Waals surface area contributed by atoms with Crippen LogP contribution in [0.2, 0.25) is 0 Å². The average molecular weight is 358 g/mol. The van der Waals surface area contributed by atoms with Gasteiger partial charge < -0.3 is 15.0 Å². The topological polar surface area (TPSA) is 95.3 Å². The molecule has 0 radical (unpaired) electrons. The first-order chi connectivity index (χ1) is 12.1. The molecule has 130 valence electrons. The zero-order chi connectivity index (χ0) is 17.8. The van der Waals surface area contributed by atoms with Gasteiger partial charge in [-0.3, -0.25) is 9.78 Å². The van der Waals surface area contributed by atoms with Gasteiger partial charge in [0.15, 0.2) is 0 Å². The minimum Gasteiger partial charge on any atom is -0.450 e. The summed E-state index contributed by atoms with van der Waals surface area (Å²) < 4.78 is 5.05. The van der Waals surface area contributed by atoms with Gasteiger partial charge in [0.2, 0.25) is 0 Å². The summed E-state index contributed by atoms with van der Waals surface area (Å²) in [6.45, 7) is 3.06. The molecule has 1 N–H and O–H groups in total. The number of rotatable bonds is 3. The standard InChI is InChI=1S/C17H18N4O3S/c1-2-24-17(23)21-7-5-12-13(8-18)16(25-14(12)10-21)20-15(22)11-4-3-6-19-9-11/h3-4,6,9,13,16H,2,5,7,10H2,1H3,(H,20,22). The lowest BCUT2D eigenvalue weighted by atomic mass is 9.94. The Morgan fingerprint density at radius 1 is 1.56 bits per heavy atom. The van der Waals surface area contributed by atoms with E-state index in [0.717, 1.165) is 10.5 Å². The van der Waals surface area contributed by atoms with Crippen LogP contribution in [0, 0.1) is 17.2 Å². The van der Waals surface area contributed by atoms with E-state index in [9.17, 15) is 14.9 Å². The zero-order valence-electron chi connectivity index (χ0n) is 13.8. The monoisotopic (exact) mass is 358 g/mol. The van der Waals surface area contributed by atoms with Crippen LogP contribution < -0.4 is 5.32 Å². The maximum Gasteiger partial charge on any atom is 0.410 e. The summed E-state index contributed by atoms with van der Waals surface area (Å²) in [5.74, 6) is -0.641. The lowest BCUT2D eigenvalue weighted by Crippen LogP contribution is -2.37. The summed E-state index contributed by atoms with van der Waals surface area (Å²) >= 11 is 1.44. The first-order valence-electron chi connectivity index (χ1n) is 8.04. The van der Waals surface area contributed by atoms with Crippen LogP contribution in [0.1, 0.15) is 23.7 Å². The van der Waals surface area contributed by atoms with Crippen LogP contribution in [-0.4, -0.2) is 47.0 Å². The van der Waals surface area contributed by atoms with Crippen molar-refractivity contribution >= 4 is 23.8 Å². The van der Waals surface area contributed by atoms with Crippen molar-refractivity contribution in [3.63, 3.8) is 0 Å². The van der Waals surface area contributed by atoms with Gasteiger partial charge in [0, 0.05) is 23.8 Å². The van der Waals surface area contributed by atoms with E-state index >= 15 is 0 Å². The van der Waals surface area contributed by atoms with E-state index in [2.05, 4.69) is 16.4 Å². The van der Waals surface area contributed by atoms with E-state index in [0.29, 0.717) is 31.7 Å². The highest BCUT2D eigenvalue weighted by Crippen LogP contribution is 2.44. The van der Waals surface area contributed by atoms with Crippen molar-refractivity contribution in [2.45, 2.75) is 18.7 Å². The number of carbonyl (C=O) groups is 2. The summed E-state index contributed by atoms with van der Waals surface area (Å²) in [5, 5.41) is 12.1. The van der Waals surface area contributed by atoms with Crippen molar-refractivity contribution in [3.05, 3.63) is 40.6 Å². The lowest BCUT2D eigenvalue weighted by molar-refractivity contribution is 0.0946. The van der Waals surface area contributed by atoms with Crippen molar-refractivity contribution in [1.82, 2.24) is 15.2 Å². The van der Waals surface area contributed by atoms with Gasteiger partial charge in [-0.05, 0) is 31.1 Å². The summed E-state index contributed by atoms with van der Waals surface area (Å²) in [7, 11) is 0. The second-order valence-electron chi connectivity index (χ2n) is 5.68. The molecular weight excluding hydrogens is 340 g/mol. The minimum absolute atomic E-state index is 0.257. The first kappa shape index (κ1) is 17.3. The second kappa shape index (κ2) is 7.57. The van der Waals surface area contributed by atoms with Crippen LogP contribution in [0.3, 0.4) is 0 Å². The van der Waals surface area contributed by atoms with Crippen LogP contribution in [0.5, 0.6) is 0 Å². The van der Waals surface area contributed by atoms with E-state index in [1.807, 2.05) is 0 Å². The van der Waals surface area contributed by atoms with Gasteiger partial charge in [-0.2, -0.15) is 5.26 Å². The highest BCUT2D eigenvalue weighted by Gasteiger charge is 2.40. The van der Waals surface area contributed by atoms with Gasteiger partial charge in [0.25, 0.3) is 5.91 Å². The average Bonchev–Trinajstić information content (AvgIpc) is 2.98. The maximum atomic E-state index is 12.3. The number of hydrogen-bond donors (Lipinski definition) is 1. The summed E-state index contributed by atoms with van der Waals surface area (Å²) in [6.07, 6.45) is 3.37. The van der Waals surface area contributed by atoms with Crippen LogP contribution in [0.4, 0.5) is 4.79 Å². The molecule has 1 aromatic heterocycles. The number of hydrogen-bond acceptors (Lipinski definition) is 6. The van der Waals surface area contributed by atoms with Gasteiger partial charge in [0.1, 0.15) is 0 Å². The molecule has 0 aromatic carbocycles. The largest absolute Gasteiger partial charge is 0.450 e. The van der Waals surface area contributed by atoms with E-state index in [1.54, 1.807) is 30.2 Å². The molecule has 0 saturated carbocycles. The minimum atomic E-state index is -0.384. The van der Waals surface area contributed by atoms with Crippen molar-refractivity contribution in [2.24, 2.45) is 5.92 Å². The number of nitrogens with zero attached hydrogens (tertiary/aromatic N) is 3. The predicted molar refractivity (Wildman–Crippen MR) is 92.4 cm³/mol. The summed E-state index contributed by atoms with van der Waals surface area (Å²) in [6, 6.07) is 5.67.